The summed E-state index contributed by atoms with van der Waals surface area (Å²) < 4.78 is 11.3. The van der Waals surface area contributed by atoms with Crippen LogP contribution in [0.4, 0.5) is 0 Å². The van der Waals surface area contributed by atoms with Gasteiger partial charge in [-0.05, 0) is 76.9 Å². The molecule has 3 heterocycles. The first kappa shape index (κ1) is 31.7. The molecule has 0 radical (unpaired) electrons. The van der Waals surface area contributed by atoms with E-state index in [4.69, 9.17) is 4.42 Å². The van der Waals surface area contributed by atoms with Crippen LogP contribution in [0.3, 0.4) is 0 Å². The maximum atomic E-state index is 6.45. The van der Waals surface area contributed by atoms with Crippen LogP contribution in [-0.4, -0.2) is 9.13 Å². The highest BCUT2D eigenvalue weighted by Crippen LogP contribution is 2.44. The lowest BCUT2D eigenvalue weighted by Crippen LogP contribution is -1.96. The van der Waals surface area contributed by atoms with E-state index in [1.54, 1.807) is 0 Å². The average molecular weight is 727 g/mol. The first-order valence-electron chi connectivity index (χ1n) is 19.5. The number of hydrogen-bond donors (Lipinski definition) is 0. The molecule has 9 aromatic carbocycles. The Morgan fingerprint density at radius 2 is 0.877 bits per heavy atom. The Bertz CT molecular complexity index is 3530. The van der Waals surface area contributed by atoms with Crippen LogP contribution in [0.5, 0.6) is 0 Å². The molecule has 0 amide bonds. The first-order valence-corrected chi connectivity index (χ1v) is 19.5. The van der Waals surface area contributed by atoms with E-state index < -0.39 is 0 Å². The van der Waals surface area contributed by atoms with Crippen molar-refractivity contribution in [2.45, 2.75) is 0 Å². The summed E-state index contributed by atoms with van der Waals surface area (Å²) in [7, 11) is 0. The van der Waals surface area contributed by atoms with Gasteiger partial charge in [-0.25, -0.2) is 0 Å². The zero-order valence-corrected chi connectivity index (χ0v) is 30.9. The molecule has 3 aromatic heterocycles. The lowest BCUT2D eigenvalue weighted by Gasteiger charge is -2.14. The van der Waals surface area contributed by atoms with Crippen molar-refractivity contribution >= 4 is 65.6 Å². The van der Waals surface area contributed by atoms with Gasteiger partial charge in [0.15, 0.2) is 0 Å². The van der Waals surface area contributed by atoms with Crippen LogP contribution in [0.1, 0.15) is 0 Å². The summed E-state index contributed by atoms with van der Waals surface area (Å²) in [6, 6.07) is 74.4. The Hall–Kier alpha value is -7.62. The molecule has 57 heavy (non-hydrogen) atoms. The molecule has 0 aliphatic carbocycles. The Balaban J connectivity index is 1.07. The standard InChI is InChI=1S/C54H34N2O/c1-2-18-38(19-3-1)55-49-30-8-5-23-47(49)52-43(25-14-31-50(52)55)45-27-13-26-44-41-21-4-7-29-48(41)56(53(44)45)39-20-11-16-36(34-39)35-15-10-17-37(33-35)40-24-12-28-46-42-22-6-9-32-51(42)57-54(40)46/h1-34H. The van der Waals surface area contributed by atoms with Gasteiger partial charge in [0.25, 0.3) is 0 Å². The van der Waals surface area contributed by atoms with Crippen LogP contribution < -0.4 is 0 Å². The van der Waals surface area contributed by atoms with E-state index in [0.29, 0.717) is 0 Å². The molecule has 0 atom stereocenters. The Morgan fingerprint density at radius 1 is 0.316 bits per heavy atom. The van der Waals surface area contributed by atoms with E-state index in [1.165, 1.54) is 54.7 Å². The van der Waals surface area contributed by atoms with Gasteiger partial charge in [0.1, 0.15) is 11.2 Å². The number of nitrogens with zero attached hydrogens (tertiary/aromatic N) is 2. The topological polar surface area (TPSA) is 23.0 Å². The van der Waals surface area contributed by atoms with Crippen molar-refractivity contribution in [3.05, 3.63) is 206 Å². The fourth-order valence-electron chi connectivity index (χ4n) is 9.27. The molecule has 0 saturated heterocycles. The largest absolute Gasteiger partial charge is 0.455 e. The van der Waals surface area contributed by atoms with Crippen molar-refractivity contribution in [3.63, 3.8) is 0 Å². The third-order valence-electron chi connectivity index (χ3n) is 11.7. The SMILES string of the molecule is c1ccc(-n2c3ccccc3c3c(-c4cccc5c6ccccc6n(-c6cccc(-c7cccc(-c8cccc9c8oc8ccccc89)c7)c6)c45)cccc32)cc1. The van der Waals surface area contributed by atoms with Gasteiger partial charge in [0.05, 0.1) is 22.1 Å². The van der Waals surface area contributed by atoms with Gasteiger partial charge in [-0.1, -0.05) is 152 Å². The minimum absolute atomic E-state index is 0.910. The summed E-state index contributed by atoms with van der Waals surface area (Å²) in [5, 5.41) is 7.25. The second kappa shape index (κ2) is 12.5. The Kier molecular flexibility index (Phi) is 6.93. The van der Waals surface area contributed by atoms with Gasteiger partial charge >= 0.3 is 0 Å². The Labute approximate surface area is 328 Å². The average Bonchev–Trinajstić information content (AvgIpc) is 3.95. The molecule has 0 saturated carbocycles. The molecule has 12 aromatic rings. The summed E-state index contributed by atoms with van der Waals surface area (Å²) in [5.74, 6) is 0. The molecule has 3 heteroatoms. The number of aromatic nitrogens is 2. The quantitative estimate of drug-likeness (QED) is 0.173. The second-order valence-corrected chi connectivity index (χ2v) is 14.9. The molecule has 0 N–H and O–H groups in total. The third-order valence-corrected chi connectivity index (χ3v) is 11.7. The molecule has 0 spiro atoms. The van der Waals surface area contributed by atoms with Crippen LogP contribution >= 0.6 is 0 Å². The van der Waals surface area contributed by atoms with E-state index in [0.717, 1.165) is 55.6 Å². The second-order valence-electron chi connectivity index (χ2n) is 14.9. The molecule has 266 valence electrons. The van der Waals surface area contributed by atoms with E-state index in [9.17, 15) is 0 Å². The fraction of sp³-hybridized carbons (Fsp3) is 0. The number of furan rings is 1. The molecular weight excluding hydrogens is 693 g/mol. The highest BCUT2D eigenvalue weighted by atomic mass is 16.3. The van der Waals surface area contributed by atoms with Crippen LogP contribution in [0.25, 0.3) is 110 Å². The summed E-state index contributed by atoms with van der Waals surface area (Å²) in [4.78, 5) is 0. The molecule has 0 aliphatic rings. The van der Waals surface area contributed by atoms with Crippen LogP contribution in [0, 0.1) is 0 Å². The van der Waals surface area contributed by atoms with E-state index in [1.807, 2.05) is 12.1 Å². The lowest BCUT2D eigenvalue weighted by molar-refractivity contribution is 0.670. The third kappa shape index (κ3) is 4.79. The molecule has 12 rings (SSSR count). The Morgan fingerprint density at radius 3 is 1.74 bits per heavy atom. The summed E-state index contributed by atoms with van der Waals surface area (Å²) in [5.41, 5.74) is 15.8. The first-order chi connectivity index (χ1) is 28.3. The monoisotopic (exact) mass is 726 g/mol. The van der Waals surface area contributed by atoms with Crippen molar-refractivity contribution in [2.75, 3.05) is 0 Å². The van der Waals surface area contributed by atoms with Gasteiger partial charge in [-0.2, -0.15) is 0 Å². The number of rotatable bonds is 5. The van der Waals surface area contributed by atoms with Gasteiger partial charge in [-0.15, -0.1) is 0 Å². The zero-order chi connectivity index (χ0) is 37.5. The summed E-state index contributed by atoms with van der Waals surface area (Å²) in [6.45, 7) is 0. The molecule has 3 nitrogen and oxygen atoms in total. The van der Waals surface area contributed by atoms with Crippen LogP contribution in [0.2, 0.25) is 0 Å². The number of fused-ring (bicyclic) bond motifs is 9. The predicted octanol–water partition coefficient (Wildman–Crippen LogP) is 14.8. The lowest BCUT2D eigenvalue weighted by atomic mass is 9.96. The van der Waals surface area contributed by atoms with Crippen molar-refractivity contribution in [1.82, 2.24) is 9.13 Å². The van der Waals surface area contributed by atoms with Gasteiger partial charge in [-0.3, -0.25) is 0 Å². The molecule has 0 bridgehead atoms. The van der Waals surface area contributed by atoms with Crippen molar-refractivity contribution in [2.24, 2.45) is 0 Å². The smallest absolute Gasteiger partial charge is 0.143 e. The van der Waals surface area contributed by atoms with Crippen molar-refractivity contribution < 1.29 is 4.42 Å². The molecule has 0 fully saturated rings. The predicted molar refractivity (Wildman–Crippen MR) is 239 cm³/mol. The molecular formula is C54H34N2O. The molecule has 0 aliphatic heterocycles. The minimum Gasteiger partial charge on any atom is -0.455 e. The number of para-hydroxylation sites is 6. The number of hydrogen-bond acceptors (Lipinski definition) is 1. The minimum atomic E-state index is 0.910. The zero-order valence-electron chi connectivity index (χ0n) is 30.9. The maximum absolute atomic E-state index is 6.45. The number of benzene rings is 9. The normalized spacial score (nSPS) is 11.9. The fourth-order valence-corrected chi connectivity index (χ4v) is 9.27. The van der Waals surface area contributed by atoms with E-state index in [-0.39, 0.29) is 0 Å². The van der Waals surface area contributed by atoms with Crippen LogP contribution in [0.15, 0.2) is 211 Å². The molecule has 0 unspecified atom stereocenters. The van der Waals surface area contributed by atoms with Gasteiger partial charge in [0.2, 0.25) is 0 Å². The van der Waals surface area contributed by atoms with Crippen molar-refractivity contribution in [1.29, 1.82) is 0 Å². The van der Waals surface area contributed by atoms with Gasteiger partial charge < -0.3 is 13.6 Å². The highest BCUT2D eigenvalue weighted by molar-refractivity contribution is 6.20. The summed E-state index contributed by atoms with van der Waals surface area (Å²) >= 11 is 0. The maximum Gasteiger partial charge on any atom is 0.143 e. The van der Waals surface area contributed by atoms with E-state index in [2.05, 4.69) is 203 Å². The van der Waals surface area contributed by atoms with Crippen LogP contribution in [-0.2, 0) is 0 Å². The van der Waals surface area contributed by atoms with Crippen molar-refractivity contribution in [3.8, 4) is 44.8 Å². The van der Waals surface area contributed by atoms with Gasteiger partial charge in [0, 0.05) is 54.8 Å². The van der Waals surface area contributed by atoms with E-state index >= 15 is 0 Å². The highest BCUT2D eigenvalue weighted by Gasteiger charge is 2.21. The summed E-state index contributed by atoms with van der Waals surface area (Å²) in [6.07, 6.45) is 0.